The van der Waals surface area contributed by atoms with E-state index in [2.05, 4.69) is 46.4 Å². The predicted molar refractivity (Wildman–Crippen MR) is 90.7 cm³/mol. The fourth-order valence-electron chi connectivity index (χ4n) is 2.83. The largest absolute Gasteiger partial charge is 0.490 e. The van der Waals surface area contributed by atoms with Crippen LogP contribution in [0.5, 0.6) is 5.75 Å². The Morgan fingerprint density at radius 2 is 1.77 bits per heavy atom. The van der Waals surface area contributed by atoms with Crippen LogP contribution in [0, 0.1) is 0 Å². The van der Waals surface area contributed by atoms with Crippen LogP contribution in [-0.2, 0) is 0 Å². The van der Waals surface area contributed by atoms with E-state index in [0.717, 1.165) is 43.9 Å². The lowest BCUT2D eigenvalue weighted by Crippen LogP contribution is -2.38. The van der Waals surface area contributed by atoms with Gasteiger partial charge in [-0.05, 0) is 43.3 Å². The molecule has 0 spiro atoms. The van der Waals surface area contributed by atoms with Crippen LogP contribution in [0.3, 0.4) is 0 Å². The monoisotopic (exact) mass is 297 g/mol. The highest BCUT2D eigenvalue weighted by atomic mass is 16.5. The van der Waals surface area contributed by atoms with Gasteiger partial charge in [-0.25, -0.2) is 0 Å². The van der Waals surface area contributed by atoms with Crippen molar-refractivity contribution in [2.45, 2.75) is 25.9 Å². The van der Waals surface area contributed by atoms with Gasteiger partial charge in [-0.15, -0.1) is 0 Å². The lowest BCUT2D eigenvalue weighted by molar-refractivity contribution is 0.171. The van der Waals surface area contributed by atoms with Crippen molar-refractivity contribution in [2.24, 2.45) is 0 Å². The molecule has 4 nitrogen and oxygen atoms in total. The first-order valence-electron chi connectivity index (χ1n) is 8.00. The van der Waals surface area contributed by atoms with Gasteiger partial charge in [0, 0.05) is 56.2 Å². The minimum absolute atomic E-state index is 0.308. The molecule has 0 amide bonds. The quantitative estimate of drug-likeness (QED) is 0.915. The van der Waals surface area contributed by atoms with Crippen molar-refractivity contribution in [1.29, 1.82) is 0 Å². The van der Waals surface area contributed by atoms with E-state index < -0.39 is 0 Å². The van der Waals surface area contributed by atoms with Gasteiger partial charge in [0.05, 0.1) is 0 Å². The van der Waals surface area contributed by atoms with Crippen LogP contribution in [0.25, 0.3) is 0 Å². The lowest BCUT2D eigenvalue weighted by Gasteiger charge is -2.33. The van der Waals surface area contributed by atoms with Crippen LogP contribution in [-0.4, -0.2) is 30.7 Å². The van der Waals surface area contributed by atoms with E-state index in [1.807, 2.05) is 24.5 Å². The van der Waals surface area contributed by atoms with Crippen molar-refractivity contribution in [2.75, 3.05) is 29.9 Å². The Hall–Kier alpha value is -2.23. The number of nitrogens with one attached hydrogen (secondary N) is 1. The maximum Gasteiger partial charge on any atom is 0.119 e. The average molecular weight is 297 g/mol. The van der Waals surface area contributed by atoms with E-state index >= 15 is 0 Å². The van der Waals surface area contributed by atoms with Crippen LogP contribution < -0.4 is 15.0 Å². The third-order valence-corrected chi connectivity index (χ3v) is 4.01. The number of pyridine rings is 1. The second-order valence-corrected chi connectivity index (χ2v) is 5.56. The van der Waals surface area contributed by atoms with Gasteiger partial charge in [0.2, 0.25) is 0 Å². The number of aromatic nitrogens is 1. The molecule has 2 heterocycles. The smallest absolute Gasteiger partial charge is 0.119 e. The molecule has 1 aromatic heterocycles. The van der Waals surface area contributed by atoms with Gasteiger partial charge in [0.1, 0.15) is 11.9 Å². The molecule has 1 fully saturated rings. The summed E-state index contributed by atoms with van der Waals surface area (Å²) in [7, 11) is 0. The van der Waals surface area contributed by atoms with Gasteiger partial charge in [-0.3, -0.25) is 4.98 Å². The Kier molecular flexibility index (Phi) is 4.78. The van der Waals surface area contributed by atoms with Crippen molar-refractivity contribution in [3.8, 4) is 5.75 Å². The summed E-state index contributed by atoms with van der Waals surface area (Å²) in [5.74, 6) is 0.962. The summed E-state index contributed by atoms with van der Waals surface area (Å²) in [4.78, 5) is 6.47. The molecule has 0 saturated carbocycles. The summed E-state index contributed by atoms with van der Waals surface area (Å²) in [5.41, 5.74) is 2.39. The zero-order valence-corrected chi connectivity index (χ0v) is 13.0. The number of hydrogen-bond acceptors (Lipinski definition) is 4. The first-order chi connectivity index (χ1) is 10.8. The summed E-state index contributed by atoms with van der Waals surface area (Å²) in [6, 6.07) is 12.4. The second-order valence-electron chi connectivity index (χ2n) is 5.56. The Balaban J connectivity index is 1.51. The van der Waals surface area contributed by atoms with Crippen molar-refractivity contribution in [1.82, 2.24) is 4.98 Å². The normalized spacial score (nSPS) is 15.6. The van der Waals surface area contributed by atoms with Gasteiger partial charge in [0.25, 0.3) is 0 Å². The number of nitrogens with zero attached hydrogens (tertiary/aromatic N) is 2. The zero-order chi connectivity index (χ0) is 15.2. The number of rotatable bonds is 5. The molecule has 4 heteroatoms. The van der Waals surface area contributed by atoms with Crippen LogP contribution >= 0.6 is 0 Å². The molecule has 2 aromatic rings. The molecule has 1 aliphatic rings. The molecule has 0 bridgehead atoms. The highest BCUT2D eigenvalue weighted by molar-refractivity contribution is 5.46. The van der Waals surface area contributed by atoms with E-state index in [0.29, 0.717) is 6.10 Å². The minimum atomic E-state index is 0.308. The molecular formula is C18H23N3O. The highest BCUT2D eigenvalue weighted by Crippen LogP contribution is 2.23. The average Bonchev–Trinajstić information content (AvgIpc) is 2.58. The zero-order valence-electron chi connectivity index (χ0n) is 13.0. The Labute approximate surface area is 132 Å². The Bertz CT molecular complexity index is 563. The number of hydrogen-bond donors (Lipinski definition) is 1. The molecule has 1 aliphatic heterocycles. The first-order valence-corrected chi connectivity index (χ1v) is 8.00. The summed E-state index contributed by atoms with van der Waals surface area (Å²) in [5, 5.41) is 3.30. The SMILES string of the molecule is CCNc1ccc(OC2CCN(c3ccncc3)CC2)cc1. The van der Waals surface area contributed by atoms with Crippen LogP contribution in [0.1, 0.15) is 19.8 Å². The molecular weight excluding hydrogens is 274 g/mol. The topological polar surface area (TPSA) is 37.4 Å². The number of benzene rings is 1. The third kappa shape index (κ3) is 3.70. The van der Waals surface area contributed by atoms with Crippen LogP contribution in [0.4, 0.5) is 11.4 Å². The van der Waals surface area contributed by atoms with E-state index in [1.165, 1.54) is 5.69 Å². The van der Waals surface area contributed by atoms with Crippen LogP contribution in [0.15, 0.2) is 48.8 Å². The van der Waals surface area contributed by atoms with E-state index in [1.54, 1.807) is 0 Å². The molecule has 1 saturated heterocycles. The van der Waals surface area contributed by atoms with E-state index in [9.17, 15) is 0 Å². The maximum atomic E-state index is 6.11. The maximum absolute atomic E-state index is 6.11. The standard InChI is InChI=1S/C18H23N3O/c1-2-20-15-3-5-17(6-4-15)22-18-9-13-21(14-10-18)16-7-11-19-12-8-16/h3-8,11-12,18,20H,2,9-10,13-14H2,1H3. The first kappa shape index (κ1) is 14.7. The fourth-order valence-corrected chi connectivity index (χ4v) is 2.83. The number of piperidine rings is 1. The molecule has 1 aromatic carbocycles. The van der Waals surface area contributed by atoms with Crippen molar-refractivity contribution in [3.05, 3.63) is 48.8 Å². The molecule has 0 unspecified atom stereocenters. The van der Waals surface area contributed by atoms with Gasteiger partial charge < -0.3 is 15.0 Å². The van der Waals surface area contributed by atoms with E-state index in [-0.39, 0.29) is 0 Å². The molecule has 3 rings (SSSR count). The van der Waals surface area contributed by atoms with Crippen LogP contribution in [0.2, 0.25) is 0 Å². The summed E-state index contributed by atoms with van der Waals surface area (Å²) in [6.45, 7) is 5.10. The number of ether oxygens (including phenoxy) is 1. The van der Waals surface area contributed by atoms with Gasteiger partial charge in [0.15, 0.2) is 0 Å². The molecule has 0 atom stereocenters. The lowest BCUT2D eigenvalue weighted by atomic mass is 10.1. The summed E-state index contributed by atoms with van der Waals surface area (Å²) in [6.07, 6.45) is 6.12. The summed E-state index contributed by atoms with van der Waals surface area (Å²) >= 11 is 0. The summed E-state index contributed by atoms with van der Waals surface area (Å²) < 4.78 is 6.11. The van der Waals surface area contributed by atoms with Crippen molar-refractivity contribution < 1.29 is 4.74 Å². The second kappa shape index (κ2) is 7.16. The highest BCUT2D eigenvalue weighted by Gasteiger charge is 2.20. The Morgan fingerprint density at radius 3 is 2.41 bits per heavy atom. The van der Waals surface area contributed by atoms with Gasteiger partial charge >= 0.3 is 0 Å². The van der Waals surface area contributed by atoms with Gasteiger partial charge in [-0.1, -0.05) is 0 Å². The fraction of sp³-hybridized carbons (Fsp3) is 0.389. The van der Waals surface area contributed by atoms with E-state index in [4.69, 9.17) is 4.74 Å². The predicted octanol–water partition coefficient (Wildman–Crippen LogP) is 3.56. The number of anilines is 2. The minimum Gasteiger partial charge on any atom is -0.490 e. The third-order valence-electron chi connectivity index (χ3n) is 4.01. The molecule has 116 valence electrons. The molecule has 22 heavy (non-hydrogen) atoms. The molecule has 1 N–H and O–H groups in total. The van der Waals surface area contributed by atoms with Crippen molar-refractivity contribution >= 4 is 11.4 Å². The Morgan fingerprint density at radius 1 is 1.09 bits per heavy atom. The molecule has 0 radical (unpaired) electrons. The molecule has 0 aliphatic carbocycles. The van der Waals surface area contributed by atoms with Crippen molar-refractivity contribution in [3.63, 3.8) is 0 Å². The van der Waals surface area contributed by atoms with Gasteiger partial charge in [-0.2, -0.15) is 0 Å².